The SMILES string of the molecule is [CH2-]CNC(=S)NC. The van der Waals surface area contributed by atoms with E-state index in [-0.39, 0.29) is 0 Å². The van der Waals surface area contributed by atoms with E-state index in [9.17, 15) is 0 Å². The zero-order chi connectivity index (χ0) is 5.70. The van der Waals surface area contributed by atoms with Gasteiger partial charge in [0.15, 0.2) is 5.11 Å². The molecule has 0 aliphatic rings. The maximum atomic E-state index is 4.69. The lowest BCUT2D eigenvalue weighted by molar-refractivity contribution is 0.988. The smallest absolute Gasteiger partial charge is 0.163 e. The number of thiocarbonyl (C=S) groups is 1. The van der Waals surface area contributed by atoms with E-state index in [4.69, 9.17) is 12.2 Å². The molecular weight excluding hydrogens is 108 g/mol. The lowest BCUT2D eigenvalue weighted by Crippen LogP contribution is -2.31. The van der Waals surface area contributed by atoms with Crippen molar-refractivity contribution in [3.8, 4) is 0 Å². The van der Waals surface area contributed by atoms with Crippen LogP contribution in [0.5, 0.6) is 0 Å². The van der Waals surface area contributed by atoms with Gasteiger partial charge in [-0.1, -0.05) is 0 Å². The maximum Gasteiger partial charge on any atom is 0.163 e. The zero-order valence-corrected chi connectivity index (χ0v) is 5.14. The first-order chi connectivity index (χ1) is 3.31. The number of hydrogen-bond acceptors (Lipinski definition) is 1. The van der Waals surface area contributed by atoms with E-state index in [2.05, 4.69) is 17.6 Å². The molecule has 0 aliphatic heterocycles. The summed E-state index contributed by atoms with van der Waals surface area (Å²) in [4.78, 5) is 0. The van der Waals surface area contributed by atoms with Gasteiger partial charge in [-0.25, -0.2) is 0 Å². The van der Waals surface area contributed by atoms with Gasteiger partial charge in [0.2, 0.25) is 0 Å². The van der Waals surface area contributed by atoms with E-state index in [0.29, 0.717) is 11.7 Å². The molecule has 0 bridgehead atoms. The van der Waals surface area contributed by atoms with Crippen molar-refractivity contribution in [2.75, 3.05) is 13.6 Å². The fourth-order valence-electron chi connectivity index (χ4n) is 0.202. The second-order valence-electron chi connectivity index (χ2n) is 1.01. The van der Waals surface area contributed by atoms with E-state index < -0.39 is 0 Å². The van der Waals surface area contributed by atoms with Crippen LogP contribution in [0.4, 0.5) is 0 Å². The Morgan fingerprint density at radius 2 is 2.43 bits per heavy atom. The summed E-state index contributed by atoms with van der Waals surface area (Å²) in [6.07, 6.45) is 0. The molecule has 0 heterocycles. The predicted octanol–water partition coefficient (Wildman–Crippen LogP) is -0.0856. The van der Waals surface area contributed by atoms with Crippen molar-refractivity contribution in [3.63, 3.8) is 0 Å². The van der Waals surface area contributed by atoms with Crippen LogP contribution in [0.15, 0.2) is 0 Å². The lowest BCUT2D eigenvalue weighted by Gasteiger charge is -2.04. The van der Waals surface area contributed by atoms with Gasteiger partial charge in [0, 0.05) is 7.05 Å². The molecule has 0 spiro atoms. The van der Waals surface area contributed by atoms with Crippen LogP contribution in [0.25, 0.3) is 0 Å². The van der Waals surface area contributed by atoms with Crippen molar-refractivity contribution in [2.24, 2.45) is 0 Å². The standard InChI is InChI=1S/C4H9N2S/c1-3-6-4(7)5-2/h1,3H2,2H3,(H2,5,6,7)/q-1. The molecule has 0 aromatic rings. The third-order valence-corrected chi connectivity index (χ3v) is 0.861. The Labute approximate surface area is 49.3 Å². The first-order valence-corrected chi connectivity index (χ1v) is 2.47. The lowest BCUT2D eigenvalue weighted by atomic mass is 10.7. The number of nitrogens with one attached hydrogen (secondary N) is 2. The topological polar surface area (TPSA) is 24.1 Å². The summed E-state index contributed by atoms with van der Waals surface area (Å²) in [5.41, 5.74) is 0. The van der Waals surface area contributed by atoms with Crippen LogP contribution in [0, 0.1) is 6.92 Å². The van der Waals surface area contributed by atoms with Gasteiger partial charge < -0.3 is 17.6 Å². The van der Waals surface area contributed by atoms with Gasteiger partial charge in [0.05, 0.1) is 0 Å². The Kier molecular flexibility index (Phi) is 3.69. The quantitative estimate of drug-likeness (QED) is 0.371. The van der Waals surface area contributed by atoms with Crippen LogP contribution in [0.3, 0.4) is 0 Å². The number of hydrogen-bond donors (Lipinski definition) is 2. The molecule has 0 atom stereocenters. The third kappa shape index (κ3) is 3.52. The fraction of sp³-hybridized carbons (Fsp3) is 0.500. The zero-order valence-electron chi connectivity index (χ0n) is 4.32. The van der Waals surface area contributed by atoms with Crippen molar-refractivity contribution in [1.82, 2.24) is 10.6 Å². The van der Waals surface area contributed by atoms with E-state index in [1.807, 2.05) is 0 Å². The molecule has 0 rings (SSSR count). The highest BCUT2D eigenvalue weighted by atomic mass is 32.1. The summed E-state index contributed by atoms with van der Waals surface area (Å²) in [7, 11) is 1.77. The fourth-order valence-corrected chi connectivity index (χ4v) is 0.304. The van der Waals surface area contributed by atoms with Crippen LogP contribution < -0.4 is 10.6 Å². The van der Waals surface area contributed by atoms with Crippen molar-refractivity contribution >= 4 is 17.3 Å². The summed E-state index contributed by atoms with van der Waals surface area (Å²) in [5, 5.41) is 6.20. The van der Waals surface area contributed by atoms with Crippen molar-refractivity contribution in [1.29, 1.82) is 0 Å². The summed E-state index contributed by atoms with van der Waals surface area (Å²) >= 11 is 4.69. The van der Waals surface area contributed by atoms with Gasteiger partial charge in [0.25, 0.3) is 0 Å². The molecule has 0 saturated carbocycles. The largest absolute Gasteiger partial charge is 0.393 e. The molecule has 0 amide bonds. The molecule has 0 fully saturated rings. The van der Waals surface area contributed by atoms with Crippen LogP contribution in [-0.2, 0) is 0 Å². The average molecular weight is 117 g/mol. The summed E-state index contributed by atoms with van der Waals surface area (Å²) in [6.45, 7) is 4.17. The van der Waals surface area contributed by atoms with Crippen molar-refractivity contribution in [3.05, 3.63) is 6.92 Å². The third-order valence-electron chi connectivity index (χ3n) is 0.513. The van der Waals surface area contributed by atoms with E-state index in [1.165, 1.54) is 0 Å². The van der Waals surface area contributed by atoms with Crippen molar-refractivity contribution in [2.45, 2.75) is 0 Å². The number of rotatable bonds is 1. The molecule has 7 heavy (non-hydrogen) atoms. The Bertz CT molecular complexity index is 62.7. The Balaban J connectivity index is 3.00. The van der Waals surface area contributed by atoms with E-state index in [0.717, 1.165) is 0 Å². The predicted molar refractivity (Wildman–Crippen MR) is 35.0 cm³/mol. The minimum absolute atomic E-state index is 0.639. The van der Waals surface area contributed by atoms with E-state index in [1.54, 1.807) is 7.05 Å². The summed E-state index contributed by atoms with van der Waals surface area (Å²) < 4.78 is 0. The maximum absolute atomic E-state index is 4.69. The first kappa shape index (κ1) is 6.69. The minimum Gasteiger partial charge on any atom is -0.393 e. The molecular formula is C4H9N2S-. The van der Waals surface area contributed by atoms with Gasteiger partial charge in [-0.2, -0.15) is 0 Å². The summed E-state index contributed by atoms with van der Waals surface area (Å²) in [6, 6.07) is 0. The van der Waals surface area contributed by atoms with Gasteiger partial charge in [-0.15, -0.1) is 6.54 Å². The van der Waals surface area contributed by atoms with E-state index >= 15 is 0 Å². The second-order valence-corrected chi connectivity index (χ2v) is 1.41. The molecule has 0 aliphatic carbocycles. The van der Waals surface area contributed by atoms with Crippen molar-refractivity contribution < 1.29 is 0 Å². The van der Waals surface area contributed by atoms with Crippen LogP contribution >= 0.6 is 12.2 Å². The first-order valence-electron chi connectivity index (χ1n) is 2.06. The van der Waals surface area contributed by atoms with Crippen LogP contribution in [-0.4, -0.2) is 18.7 Å². The molecule has 0 aromatic heterocycles. The van der Waals surface area contributed by atoms with Gasteiger partial charge >= 0.3 is 0 Å². The molecule has 0 saturated heterocycles. The Hall–Kier alpha value is -0.310. The average Bonchev–Trinajstić information content (AvgIpc) is 1.68. The second kappa shape index (κ2) is 3.87. The molecule has 2 nitrogen and oxygen atoms in total. The molecule has 42 valence electrons. The summed E-state index contributed by atoms with van der Waals surface area (Å²) in [5.74, 6) is 0. The van der Waals surface area contributed by atoms with Crippen LogP contribution in [0.2, 0.25) is 0 Å². The molecule has 0 radical (unpaired) electrons. The monoisotopic (exact) mass is 117 g/mol. The van der Waals surface area contributed by atoms with Gasteiger partial charge in [0.1, 0.15) is 0 Å². The highest BCUT2D eigenvalue weighted by molar-refractivity contribution is 7.80. The van der Waals surface area contributed by atoms with Gasteiger partial charge in [-0.3, -0.25) is 0 Å². The highest BCUT2D eigenvalue weighted by Crippen LogP contribution is 1.58. The molecule has 0 unspecified atom stereocenters. The molecule has 3 heteroatoms. The molecule has 2 N–H and O–H groups in total. The molecule has 0 aromatic carbocycles. The Morgan fingerprint density at radius 1 is 1.86 bits per heavy atom. The normalized spacial score (nSPS) is 7.71. The van der Waals surface area contributed by atoms with Crippen LogP contribution in [0.1, 0.15) is 0 Å². The Morgan fingerprint density at radius 3 is 2.57 bits per heavy atom. The van der Waals surface area contributed by atoms with Gasteiger partial charge in [-0.05, 0) is 12.2 Å². The minimum atomic E-state index is 0.639. The highest BCUT2D eigenvalue weighted by Gasteiger charge is 1.77.